The summed E-state index contributed by atoms with van der Waals surface area (Å²) in [6.45, 7) is 5.89. The third-order valence-electron chi connectivity index (χ3n) is 6.83. The van der Waals surface area contributed by atoms with Crippen molar-refractivity contribution in [1.29, 1.82) is 0 Å². The molecule has 0 saturated carbocycles. The minimum absolute atomic E-state index is 0. The predicted molar refractivity (Wildman–Crippen MR) is 148 cm³/mol. The van der Waals surface area contributed by atoms with E-state index in [1.165, 1.54) is 21.2 Å². The molecule has 4 nitrogen and oxygen atoms in total. The van der Waals surface area contributed by atoms with E-state index in [1.54, 1.807) is 13.8 Å². The lowest BCUT2D eigenvalue weighted by atomic mass is 9.82. The van der Waals surface area contributed by atoms with Crippen LogP contribution in [-0.2, 0) is 17.6 Å². The Hall–Kier alpha value is -1.70. The van der Waals surface area contributed by atoms with Crippen molar-refractivity contribution in [2.24, 2.45) is 5.41 Å². The maximum atomic E-state index is 12.4. The van der Waals surface area contributed by atoms with E-state index in [0.717, 1.165) is 55.8 Å². The van der Waals surface area contributed by atoms with E-state index in [9.17, 15) is 14.3 Å². The highest BCUT2D eigenvalue weighted by molar-refractivity contribution is 9.11. The van der Waals surface area contributed by atoms with Crippen molar-refractivity contribution in [2.45, 2.75) is 52.1 Å². The summed E-state index contributed by atoms with van der Waals surface area (Å²) < 4.78 is 19.8. The van der Waals surface area contributed by atoms with Crippen LogP contribution in [0, 0.1) is 5.41 Å². The molecule has 35 heavy (non-hydrogen) atoms. The number of hydrogen-bond acceptors (Lipinski definition) is 3. The number of ether oxygens (including phenoxy) is 1. The van der Waals surface area contributed by atoms with Gasteiger partial charge in [0.15, 0.2) is 0 Å². The third kappa shape index (κ3) is 6.75. The first-order valence-corrected chi connectivity index (χ1v) is 12.9. The van der Waals surface area contributed by atoms with Gasteiger partial charge in [0.2, 0.25) is 0 Å². The van der Waals surface area contributed by atoms with Gasteiger partial charge >= 0.3 is 5.97 Å². The van der Waals surface area contributed by atoms with Crippen LogP contribution < -0.4 is 4.74 Å². The maximum Gasteiger partial charge on any atom is 0.309 e. The largest absolute Gasteiger partial charge is 0.489 e. The van der Waals surface area contributed by atoms with E-state index >= 15 is 0 Å². The lowest BCUT2D eigenvalue weighted by Gasteiger charge is -2.24. The molecule has 1 saturated heterocycles. The second kappa shape index (κ2) is 12.0. The number of aryl methyl sites for hydroxylation is 1. The van der Waals surface area contributed by atoms with Gasteiger partial charge in [0.05, 0.1) is 12.1 Å². The molecule has 2 aromatic rings. The summed E-state index contributed by atoms with van der Waals surface area (Å²) in [6.07, 6.45) is 4.07. The average molecular weight is 611 g/mol. The Kier molecular flexibility index (Phi) is 9.58. The van der Waals surface area contributed by atoms with Crippen LogP contribution in [0.2, 0.25) is 0 Å². The summed E-state index contributed by atoms with van der Waals surface area (Å²) in [5, 5.41) is 9.49. The standard InChI is InChI=1S/C28H33BrFNO3.BrH/c1-28(2,27(32)33)17-19-4-10-24-21(16-19)7-11-25(29)26(24)20-5-8-22(9-6-20)34-23-12-15-31(18-23)14-3-13-30;/h4-6,8-10,16,23H,3,7,11-15,17-18H2,1-2H3,(H,32,33);1H/t23-;/m0./s1. The van der Waals surface area contributed by atoms with E-state index in [-0.39, 0.29) is 29.8 Å². The van der Waals surface area contributed by atoms with Crippen LogP contribution >= 0.6 is 32.9 Å². The van der Waals surface area contributed by atoms with E-state index in [4.69, 9.17) is 4.74 Å². The molecular weight excluding hydrogens is 577 g/mol. The Bertz CT molecular complexity index is 1070. The number of benzene rings is 2. The molecule has 0 unspecified atom stereocenters. The van der Waals surface area contributed by atoms with E-state index in [2.05, 4.69) is 51.2 Å². The van der Waals surface area contributed by atoms with Gasteiger partial charge in [-0.05, 0) is 85.9 Å². The molecular formula is C28H34Br2FNO3. The number of allylic oxidation sites excluding steroid dienone is 1. The first kappa shape index (κ1) is 27.9. The maximum absolute atomic E-state index is 12.4. The van der Waals surface area contributed by atoms with Crippen molar-refractivity contribution in [3.8, 4) is 5.75 Å². The fourth-order valence-corrected chi connectivity index (χ4v) is 5.53. The quantitative estimate of drug-likeness (QED) is 0.338. The molecule has 190 valence electrons. The van der Waals surface area contributed by atoms with Crippen LogP contribution in [0.3, 0.4) is 0 Å². The summed E-state index contributed by atoms with van der Waals surface area (Å²) in [7, 11) is 0. The van der Waals surface area contributed by atoms with Crippen LogP contribution in [0.25, 0.3) is 5.57 Å². The number of alkyl halides is 1. The Morgan fingerprint density at radius 3 is 2.63 bits per heavy atom. The van der Waals surface area contributed by atoms with Gasteiger partial charge in [-0.25, -0.2) is 0 Å². The zero-order chi connectivity index (χ0) is 24.3. The molecule has 0 spiro atoms. The summed E-state index contributed by atoms with van der Waals surface area (Å²) in [4.78, 5) is 13.8. The molecule has 1 atom stereocenters. The fourth-order valence-electron chi connectivity index (χ4n) is 4.89. The Labute approximate surface area is 226 Å². The highest BCUT2D eigenvalue weighted by Gasteiger charge is 2.28. The Morgan fingerprint density at radius 1 is 1.20 bits per heavy atom. The summed E-state index contributed by atoms with van der Waals surface area (Å²) in [5.74, 6) is 0.0843. The van der Waals surface area contributed by atoms with Gasteiger partial charge in [0.25, 0.3) is 0 Å². The monoisotopic (exact) mass is 609 g/mol. The van der Waals surface area contributed by atoms with Crippen LogP contribution in [0.1, 0.15) is 55.4 Å². The molecule has 0 bridgehead atoms. The molecule has 2 aliphatic rings. The predicted octanol–water partition coefficient (Wildman–Crippen LogP) is 6.83. The lowest BCUT2D eigenvalue weighted by Crippen LogP contribution is -2.26. The van der Waals surface area contributed by atoms with E-state index < -0.39 is 11.4 Å². The molecule has 1 aliphatic heterocycles. The van der Waals surface area contributed by atoms with Gasteiger partial charge in [-0.3, -0.25) is 14.1 Å². The Morgan fingerprint density at radius 2 is 1.94 bits per heavy atom. The Balaban J connectivity index is 0.00000342. The van der Waals surface area contributed by atoms with E-state index in [1.807, 2.05) is 12.1 Å². The number of carboxylic acids is 1. The van der Waals surface area contributed by atoms with Gasteiger partial charge in [-0.1, -0.05) is 46.3 Å². The number of carboxylic acid groups (broad SMARTS) is 1. The molecule has 2 aromatic carbocycles. The molecule has 0 aromatic heterocycles. The molecule has 0 amide bonds. The summed E-state index contributed by atoms with van der Waals surface area (Å²) in [5.41, 5.74) is 5.05. The normalized spacial score (nSPS) is 18.2. The van der Waals surface area contributed by atoms with Crippen LogP contribution in [0.4, 0.5) is 4.39 Å². The third-order valence-corrected chi connectivity index (χ3v) is 7.62. The number of hydrogen-bond donors (Lipinski definition) is 1. The smallest absolute Gasteiger partial charge is 0.309 e. The molecule has 0 radical (unpaired) electrons. The number of fused-ring (bicyclic) bond motifs is 1. The minimum Gasteiger partial charge on any atom is -0.489 e. The van der Waals surface area contributed by atoms with Crippen LogP contribution in [-0.4, -0.2) is 48.4 Å². The molecule has 1 fully saturated rings. The van der Waals surface area contributed by atoms with Crippen molar-refractivity contribution < 1.29 is 19.0 Å². The highest BCUT2D eigenvalue weighted by atomic mass is 79.9. The van der Waals surface area contributed by atoms with Gasteiger partial charge < -0.3 is 9.84 Å². The topological polar surface area (TPSA) is 49.8 Å². The number of carbonyl (C=O) groups is 1. The zero-order valence-corrected chi connectivity index (χ0v) is 23.7. The second-order valence-corrected chi connectivity index (χ2v) is 11.0. The van der Waals surface area contributed by atoms with Crippen molar-refractivity contribution >= 4 is 44.5 Å². The fraction of sp³-hybridized carbons (Fsp3) is 0.464. The molecule has 1 heterocycles. The number of rotatable bonds is 9. The van der Waals surface area contributed by atoms with Gasteiger partial charge in [-0.15, -0.1) is 17.0 Å². The second-order valence-electron chi connectivity index (χ2n) is 10.0. The molecule has 4 rings (SSSR count). The van der Waals surface area contributed by atoms with Crippen LogP contribution in [0.5, 0.6) is 5.75 Å². The summed E-state index contributed by atoms with van der Waals surface area (Å²) >= 11 is 3.80. The molecule has 1 aliphatic carbocycles. The zero-order valence-electron chi connectivity index (χ0n) is 20.4. The SMILES string of the molecule is Br.CC(C)(Cc1ccc2c(c1)CCC(Br)=C2c1ccc(O[C@H]2CCN(CCCF)C2)cc1)C(=O)O. The number of aliphatic carboxylic acids is 1. The first-order valence-electron chi connectivity index (χ1n) is 12.1. The first-order chi connectivity index (χ1) is 16.3. The van der Waals surface area contributed by atoms with Crippen molar-refractivity contribution in [2.75, 3.05) is 26.3 Å². The van der Waals surface area contributed by atoms with Gasteiger partial charge in [-0.2, -0.15) is 0 Å². The van der Waals surface area contributed by atoms with Crippen molar-refractivity contribution in [1.82, 2.24) is 4.90 Å². The van der Waals surface area contributed by atoms with E-state index in [0.29, 0.717) is 12.8 Å². The molecule has 1 N–H and O–H groups in total. The van der Waals surface area contributed by atoms with Crippen LogP contribution in [0.15, 0.2) is 46.9 Å². The minimum atomic E-state index is -0.790. The van der Waals surface area contributed by atoms with Gasteiger partial charge in [0, 0.05) is 24.1 Å². The molecule has 7 heteroatoms. The number of nitrogens with zero attached hydrogens (tertiary/aromatic N) is 1. The average Bonchev–Trinajstić information content (AvgIpc) is 3.25. The summed E-state index contributed by atoms with van der Waals surface area (Å²) in [6, 6.07) is 14.6. The number of likely N-dealkylation sites (tertiary alicyclic amines) is 1. The number of halogens is 3. The van der Waals surface area contributed by atoms with Crippen molar-refractivity contribution in [3.05, 3.63) is 69.2 Å². The highest BCUT2D eigenvalue weighted by Crippen LogP contribution is 2.40. The van der Waals surface area contributed by atoms with Crippen molar-refractivity contribution in [3.63, 3.8) is 0 Å². The van der Waals surface area contributed by atoms with Gasteiger partial charge in [0.1, 0.15) is 11.9 Å². The lowest BCUT2D eigenvalue weighted by molar-refractivity contribution is -0.146.